The summed E-state index contributed by atoms with van der Waals surface area (Å²) in [5, 5.41) is 11.0. The van der Waals surface area contributed by atoms with Gasteiger partial charge in [-0.05, 0) is 24.6 Å². The summed E-state index contributed by atoms with van der Waals surface area (Å²) in [4.78, 5) is 0. The number of halogens is 2. The molecule has 4 nitrogen and oxygen atoms in total. The Balaban J connectivity index is 2.04. The second-order valence-electron chi connectivity index (χ2n) is 3.86. The van der Waals surface area contributed by atoms with E-state index in [1.807, 2.05) is 31.2 Å². The second kappa shape index (κ2) is 6.20. The molecule has 1 unspecified atom stereocenters. The SMILES string of the molecule is CC(Nc1nnc(CCCl)o1)c1cccc(Br)c1. The molecule has 0 radical (unpaired) electrons. The maximum absolute atomic E-state index is 5.61. The molecule has 1 aromatic carbocycles. The highest BCUT2D eigenvalue weighted by Gasteiger charge is 2.10. The van der Waals surface area contributed by atoms with Crippen LogP contribution in [0.1, 0.15) is 24.4 Å². The minimum Gasteiger partial charge on any atom is -0.408 e. The molecule has 0 aliphatic rings. The number of benzene rings is 1. The summed E-state index contributed by atoms with van der Waals surface area (Å²) in [5.74, 6) is 1.02. The van der Waals surface area contributed by atoms with Crippen molar-refractivity contribution in [3.05, 3.63) is 40.2 Å². The highest BCUT2D eigenvalue weighted by atomic mass is 79.9. The number of aryl methyl sites for hydroxylation is 1. The minimum atomic E-state index is 0.0896. The maximum atomic E-state index is 5.61. The van der Waals surface area contributed by atoms with Crippen molar-refractivity contribution in [2.45, 2.75) is 19.4 Å². The first kappa shape index (κ1) is 13.4. The largest absolute Gasteiger partial charge is 0.408 e. The fourth-order valence-corrected chi connectivity index (χ4v) is 2.12. The van der Waals surface area contributed by atoms with E-state index >= 15 is 0 Å². The Bertz CT molecular complexity index is 518. The lowest BCUT2D eigenvalue weighted by Crippen LogP contribution is -2.06. The number of hydrogen-bond donors (Lipinski definition) is 1. The van der Waals surface area contributed by atoms with Gasteiger partial charge in [0.1, 0.15) is 0 Å². The van der Waals surface area contributed by atoms with Gasteiger partial charge in [0.05, 0.1) is 6.04 Å². The lowest BCUT2D eigenvalue weighted by molar-refractivity contribution is 0.508. The van der Waals surface area contributed by atoms with Crippen LogP contribution in [0.15, 0.2) is 33.2 Å². The summed E-state index contributed by atoms with van der Waals surface area (Å²) in [7, 11) is 0. The van der Waals surface area contributed by atoms with Crippen LogP contribution in [0.5, 0.6) is 0 Å². The molecule has 0 aliphatic carbocycles. The molecule has 0 spiro atoms. The van der Waals surface area contributed by atoms with Crippen LogP contribution in [0.4, 0.5) is 6.01 Å². The van der Waals surface area contributed by atoms with Crippen LogP contribution in [0.25, 0.3) is 0 Å². The first-order valence-corrected chi connectivity index (χ1v) is 6.92. The molecule has 2 aromatic rings. The molecular weight excluding hydrogens is 318 g/mol. The number of nitrogens with one attached hydrogen (secondary N) is 1. The predicted molar refractivity (Wildman–Crippen MR) is 74.9 cm³/mol. The monoisotopic (exact) mass is 329 g/mol. The van der Waals surface area contributed by atoms with Gasteiger partial charge in [-0.2, -0.15) is 0 Å². The summed E-state index contributed by atoms with van der Waals surface area (Å²) in [6.07, 6.45) is 0.585. The van der Waals surface area contributed by atoms with Crippen molar-refractivity contribution in [2.24, 2.45) is 0 Å². The quantitative estimate of drug-likeness (QED) is 0.848. The Kier molecular flexibility index (Phi) is 4.60. The Morgan fingerprint density at radius 2 is 2.28 bits per heavy atom. The molecule has 1 heterocycles. The number of aromatic nitrogens is 2. The summed E-state index contributed by atoms with van der Waals surface area (Å²) >= 11 is 9.06. The molecule has 0 amide bonds. The standard InChI is InChI=1S/C12H13BrClN3O/c1-8(9-3-2-4-10(13)7-9)15-12-17-16-11(18-12)5-6-14/h2-4,7-8H,5-6H2,1H3,(H,15,17). The van der Waals surface area contributed by atoms with Crippen LogP contribution in [0.2, 0.25) is 0 Å². The highest BCUT2D eigenvalue weighted by molar-refractivity contribution is 9.10. The van der Waals surface area contributed by atoms with E-state index in [2.05, 4.69) is 31.4 Å². The van der Waals surface area contributed by atoms with E-state index in [1.165, 1.54) is 0 Å². The van der Waals surface area contributed by atoms with E-state index in [1.54, 1.807) is 0 Å². The lowest BCUT2D eigenvalue weighted by atomic mass is 10.1. The van der Waals surface area contributed by atoms with Crippen molar-refractivity contribution in [2.75, 3.05) is 11.2 Å². The number of nitrogens with zero attached hydrogens (tertiary/aromatic N) is 2. The van der Waals surface area contributed by atoms with Crippen molar-refractivity contribution >= 4 is 33.5 Å². The van der Waals surface area contributed by atoms with Crippen molar-refractivity contribution < 1.29 is 4.42 Å². The first-order chi connectivity index (χ1) is 8.69. The Morgan fingerprint density at radius 1 is 1.44 bits per heavy atom. The average molecular weight is 331 g/mol. The van der Waals surface area contributed by atoms with Crippen LogP contribution in [-0.2, 0) is 6.42 Å². The third-order valence-electron chi connectivity index (χ3n) is 2.46. The smallest absolute Gasteiger partial charge is 0.315 e. The lowest BCUT2D eigenvalue weighted by Gasteiger charge is -2.12. The summed E-state index contributed by atoms with van der Waals surface area (Å²) < 4.78 is 6.46. The third kappa shape index (κ3) is 3.46. The molecule has 0 fully saturated rings. The van der Waals surface area contributed by atoms with E-state index in [-0.39, 0.29) is 6.04 Å². The fraction of sp³-hybridized carbons (Fsp3) is 0.333. The second-order valence-corrected chi connectivity index (χ2v) is 5.15. The molecule has 1 N–H and O–H groups in total. The Labute approximate surface area is 119 Å². The van der Waals surface area contributed by atoms with E-state index < -0.39 is 0 Å². The number of alkyl halides is 1. The Hall–Kier alpha value is -1.07. The van der Waals surface area contributed by atoms with Gasteiger partial charge in [-0.1, -0.05) is 33.2 Å². The van der Waals surface area contributed by atoms with E-state index in [0.29, 0.717) is 24.2 Å². The third-order valence-corrected chi connectivity index (χ3v) is 3.15. The molecule has 0 saturated carbocycles. The van der Waals surface area contributed by atoms with Crippen LogP contribution in [0.3, 0.4) is 0 Å². The van der Waals surface area contributed by atoms with Crippen molar-refractivity contribution in [3.63, 3.8) is 0 Å². The van der Waals surface area contributed by atoms with Gasteiger partial charge in [0, 0.05) is 16.8 Å². The number of anilines is 1. The first-order valence-electron chi connectivity index (χ1n) is 5.59. The molecule has 0 bridgehead atoms. The summed E-state index contributed by atoms with van der Waals surface area (Å²) in [5.41, 5.74) is 1.14. The summed E-state index contributed by atoms with van der Waals surface area (Å²) in [6.45, 7) is 2.03. The van der Waals surface area contributed by atoms with Crippen LogP contribution in [0, 0.1) is 0 Å². The van der Waals surface area contributed by atoms with Gasteiger partial charge in [-0.3, -0.25) is 0 Å². The molecular formula is C12H13BrClN3O. The molecule has 1 aromatic heterocycles. The van der Waals surface area contributed by atoms with Crippen LogP contribution >= 0.6 is 27.5 Å². The zero-order valence-electron chi connectivity index (χ0n) is 9.86. The zero-order chi connectivity index (χ0) is 13.0. The van der Waals surface area contributed by atoms with Gasteiger partial charge in [0.25, 0.3) is 0 Å². The molecule has 96 valence electrons. The average Bonchev–Trinajstić information content (AvgIpc) is 2.77. The summed E-state index contributed by atoms with van der Waals surface area (Å²) in [6, 6.07) is 8.58. The van der Waals surface area contributed by atoms with Gasteiger partial charge in [-0.25, -0.2) is 0 Å². The molecule has 6 heteroatoms. The van der Waals surface area contributed by atoms with Gasteiger partial charge in [0.2, 0.25) is 5.89 Å². The van der Waals surface area contributed by atoms with E-state index in [4.69, 9.17) is 16.0 Å². The normalized spacial score (nSPS) is 12.4. The van der Waals surface area contributed by atoms with Crippen molar-refractivity contribution in [1.29, 1.82) is 0 Å². The Morgan fingerprint density at radius 3 is 3.00 bits per heavy atom. The number of rotatable bonds is 5. The van der Waals surface area contributed by atoms with Gasteiger partial charge in [-0.15, -0.1) is 16.7 Å². The molecule has 1 atom stereocenters. The predicted octanol–water partition coefficient (Wildman–Crippen LogP) is 3.79. The molecule has 18 heavy (non-hydrogen) atoms. The van der Waals surface area contributed by atoms with E-state index in [9.17, 15) is 0 Å². The maximum Gasteiger partial charge on any atom is 0.315 e. The molecule has 2 rings (SSSR count). The van der Waals surface area contributed by atoms with Gasteiger partial charge < -0.3 is 9.73 Å². The minimum absolute atomic E-state index is 0.0896. The highest BCUT2D eigenvalue weighted by Crippen LogP contribution is 2.21. The topological polar surface area (TPSA) is 51.0 Å². The van der Waals surface area contributed by atoms with Gasteiger partial charge in [0.15, 0.2) is 0 Å². The van der Waals surface area contributed by atoms with Crippen LogP contribution in [-0.4, -0.2) is 16.1 Å². The molecule has 0 saturated heterocycles. The fourth-order valence-electron chi connectivity index (χ4n) is 1.54. The number of hydrogen-bond acceptors (Lipinski definition) is 4. The van der Waals surface area contributed by atoms with Crippen LogP contribution < -0.4 is 5.32 Å². The van der Waals surface area contributed by atoms with Gasteiger partial charge >= 0.3 is 6.01 Å². The zero-order valence-corrected chi connectivity index (χ0v) is 12.2. The molecule has 0 aliphatic heterocycles. The van der Waals surface area contributed by atoms with Crippen molar-refractivity contribution in [1.82, 2.24) is 10.2 Å². The van der Waals surface area contributed by atoms with E-state index in [0.717, 1.165) is 10.0 Å². The van der Waals surface area contributed by atoms with Crippen molar-refractivity contribution in [3.8, 4) is 0 Å².